The molecule has 0 heterocycles. The summed E-state index contributed by atoms with van der Waals surface area (Å²) in [6, 6.07) is 7.13. The second kappa shape index (κ2) is 5.97. The molecule has 0 aliphatic rings. The standard InChI is InChI=1S/C14H15NO4/c1-3-14(4-2,13(18)19)15-11(12(16)17)10-8-6-5-7-9-10/h3-9,11,15H,1-2H2,(H,16,17)(H,18,19). The first kappa shape index (κ1) is 14.7. The minimum atomic E-state index is -1.70. The van der Waals surface area contributed by atoms with E-state index in [0.29, 0.717) is 5.56 Å². The number of aliphatic carboxylic acids is 2. The Morgan fingerprint density at radius 1 is 1.16 bits per heavy atom. The van der Waals surface area contributed by atoms with Gasteiger partial charge in [-0.25, -0.2) is 4.79 Å². The molecule has 0 saturated heterocycles. The van der Waals surface area contributed by atoms with E-state index in [9.17, 15) is 19.8 Å². The van der Waals surface area contributed by atoms with Crippen LogP contribution in [0.2, 0.25) is 0 Å². The molecule has 1 atom stereocenters. The summed E-state index contributed by atoms with van der Waals surface area (Å²) in [5.41, 5.74) is -1.25. The maximum Gasteiger partial charge on any atom is 0.332 e. The average molecular weight is 261 g/mol. The van der Waals surface area contributed by atoms with Crippen LogP contribution < -0.4 is 5.32 Å². The lowest BCUT2D eigenvalue weighted by atomic mass is 9.96. The van der Waals surface area contributed by atoms with E-state index in [4.69, 9.17) is 0 Å². The van der Waals surface area contributed by atoms with Gasteiger partial charge in [-0.15, -0.1) is 13.2 Å². The van der Waals surface area contributed by atoms with Crippen molar-refractivity contribution in [1.29, 1.82) is 0 Å². The van der Waals surface area contributed by atoms with Crippen molar-refractivity contribution in [3.8, 4) is 0 Å². The Morgan fingerprint density at radius 3 is 2.05 bits per heavy atom. The molecular formula is C14H15NO4. The van der Waals surface area contributed by atoms with E-state index >= 15 is 0 Å². The Kier molecular flexibility index (Phi) is 4.61. The van der Waals surface area contributed by atoms with Crippen molar-refractivity contribution in [3.63, 3.8) is 0 Å². The van der Waals surface area contributed by atoms with E-state index in [0.717, 1.165) is 12.2 Å². The molecule has 1 aromatic carbocycles. The fraction of sp³-hybridized carbons (Fsp3) is 0.143. The van der Waals surface area contributed by atoms with Gasteiger partial charge in [0.1, 0.15) is 6.04 Å². The number of carboxylic acids is 2. The largest absolute Gasteiger partial charge is 0.480 e. The fourth-order valence-electron chi connectivity index (χ4n) is 1.61. The molecule has 5 heteroatoms. The molecule has 3 N–H and O–H groups in total. The predicted molar refractivity (Wildman–Crippen MR) is 70.7 cm³/mol. The van der Waals surface area contributed by atoms with Crippen molar-refractivity contribution in [2.75, 3.05) is 0 Å². The highest BCUT2D eigenvalue weighted by atomic mass is 16.4. The summed E-state index contributed by atoms with van der Waals surface area (Å²) < 4.78 is 0. The van der Waals surface area contributed by atoms with Gasteiger partial charge in [0.25, 0.3) is 0 Å². The summed E-state index contributed by atoms with van der Waals surface area (Å²) in [6.45, 7) is 6.85. The smallest absolute Gasteiger partial charge is 0.332 e. The highest BCUT2D eigenvalue weighted by Crippen LogP contribution is 2.19. The van der Waals surface area contributed by atoms with Crippen LogP contribution in [-0.4, -0.2) is 27.7 Å². The molecule has 0 bridgehead atoms. The second-order valence-corrected chi connectivity index (χ2v) is 3.91. The minimum Gasteiger partial charge on any atom is -0.480 e. The zero-order valence-electron chi connectivity index (χ0n) is 10.2. The predicted octanol–water partition coefficient (Wildman–Crippen LogP) is 1.60. The summed E-state index contributed by atoms with van der Waals surface area (Å²) in [5.74, 6) is -2.44. The van der Waals surface area contributed by atoms with E-state index in [-0.39, 0.29) is 0 Å². The van der Waals surface area contributed by atoms with Gasteiger partial charge in [-0.3, -0.25) is 10.1 Å². The van der Waals surface area contributed by atoms with Crippen molar-refractivity contribution in [2.45, 2.75) is 11.6 Å². The fourth-order valence-corrected chi connectivity index (χ4v) is 1.61. The first-order valence-electron chi connectivity index (χ1n) is 5.53. The van der Waals surface area contributed by atoms with Crippen LogP contribution in [0.4, 0.5) is 0 Å². The quantitative estimate of drug-likeness (QED) is 0.649. The van der Waals surface area contributed by atoms with Crippen LogP contribution in [0.25, 0.3) is 0 Å². The zero-order chi connectivity index (χ0) is 14.5. The van der Waals surface area contributed by atoms with Gasteiger partial charge in [0.05, 0.1) is 0 Å². The number of rotatable bonds is 7. The summed E-state index contributed by atoms with van der Waals surface area (Å²) in [4.78, 5) is 22.6. The van der Waals surface area contributed by atoms with Crippen molar-refractivity contribution in [3.05, 3.63) is 61.2 Å². The molecule has 0 amide bonds. The number of nitrogens with one attached hydrogen (secondary N) is 1. The van der Waals surface area contributed by atoms with E-state index in [1.807, 2.05) is 0 Å². The minimum absolute atomic E-state index is 0.448. The molecule has 19 heavy (non-hydrogen) atoms. The van der Waals surface area contributed by atoms with Gasteiger partial charge in [0.2, 0.25) is 0 Å². The average Bonchev–Trinajstić information content (AvgIpc) is 2.41. The summed E-state index contributed by atoms with van der Waals surface area (Å²) in [5, 5.41) is 21.0. The molecule has 0 radical (unpaired) electrons. The molecule has 0 fully saturated rings. The maximum atomic E-state index is 11.3. The lowest BCUT2D eigenvalue weighted by Gasteiger charge is -2.27. The van der Waals surface area contributed by atoms with Gasteiger partial charge in [-0.05, 0) is 5.56 Å². The Morgan fingerprint density at radius 2 is 1.68 bits per heavy atom. The molecule has 0 aliphatic heterocycles. The molecule has 1 rings (SSSR count). The van der Waals surface area contributed by atoms with E-state index < -0.39 is 23.5 Å². The third-order valence-corrected chi connectivity index (χ3v) is 2.76. The molecule has 0 spiro atoms. The zero-order valence-corrected chi connectivity index (χ0v) is 10.2. The molecule has 5 nitrogen and oxygen atoms in total. The Bertz CT molecular complexity index is 487. The van der Waals surface area contributed by atoms with Gasteiger partial charge in [0, 0.05) is 0 Å². The van der Waals surface area contributed by atoms with Crippen LogP contribution in [0.5, 0.6) is 0 Å². The highest BCUT2D eigenvalue weighted by molar-refractivity contribution is 5.86. The maximum absolute atomic E-state index is 11.3. The molecule has 100 valence electrons. The van der Waals surface area contributed by atoms with Gasteiger partial charge in [-0.1, -0.05) is 42.5 Å². The monoisotopic (exact) mass is 261 g/mol. The van der Waals surface area contributed by atoms with Crippen molar-refractivity contribution in [2.24, 2.45) is 0 Å². The van der Waals surface area contributed by atoms with Crippen LogP contribution in [0.15, 0.2) is 55.6 Å². The third-order valence-electron chi connectivity index (χ3n) is 2.76. The number of benzene rings is 1. The number of carbonyl (C=O) groups is 2. The van der Waals surface area contributed by atoms with Crippen LogP contribution in [-0.2, 0) is 9.59 Å². The van der Waals surface area contributed by atoms with Crippen LogP contribution >= 0.6 is 0 Å². The first-order chi connectivity index (χ1) is 8.96. The molecule has 1 unspecified atom stereocenters. The number of hydrogen-bond donors (Lipinski definition) is 3. The molecule has 1 aromatic rings. The molecular weight excluding hydrogens is 246 g/mol. The second-order valence-electron chi connectivity index (χ2n) is 3.91. The number of carboxylic acid groups (broad SMARTS) is 2. The Hall–Kier alpha value is -2.40. The van der Waals surface area contributed by atoms with Crippen LogP contribution in [0.1, 0.15) is 11.6 Å². The lowest BCUT2D eigenvalue weighted by Crippen LogP contribution is -2.51. The van der Waals surface area contributed by atoms with E-state index in [1.165, 1.54) is 0 Å². The van der Waals surface area contributed by atoms with Crippen molar-refractivity contribution < 1.29 is 19.8 Å². The first-order valence-corrected chi connectivity index (χ1v) is 5.53. The number of hydrogen-bond acceptors (Lipinski definition) is 3. The topological polar surface area (TPSA) is 86.6 Å². The molecule has 0 aromatic heterocycles. The van der Waals surface area contributed by atoms with Gasteiger partial charge in [0.15, 0.2) is 5.54 Å². The lowest BCUT2D eigenvalue weighted by molar-refractivity contribution is -0.143. The van der Waals surface area contributed by atoms with Gasteiger partial charge in [-0.2, -0.15) is 0 Å². The van der Waals surface area contributed by atoms with Crippen LogP contribution in [0.3, 0.4) is 0 Å². The van der Waals surface area contributed by atoms with Crippen LogP contribution in [0, 0.1) is 0 Å². The third kappa shape index (κ3) is 3.08. The van der Waals surface area contributed by atoms with E-state index in [2.05, 4.69) is 18.5 Å². The molecule has 0 saturated carbocycles. The Labute approximate surface area is 110 Å². The summed E-state index contributed by atoms with van der Waals surface area (Å²) in [7, 11) is 0. The Balaban J connectivity index is 3.16. The normalized spacial score (nSPS) is 12.4. The van der Waals surface area contributed by atoms with Crippen molar-refractivity contribution >= 4 is 11.9 Å². The highest BCUT2D eigenvalue weighted by Gasteiger charge is 2.36. The van der Waals surface area contributed by atoms with Crippen molar-refractivity contribution in [1.82, 2.24) is 5.32 Å². The summed E-state index contributed by atoms with van der Waals surface area (Å²) >= 11 is 0. The van der Waals surface area contributed by atoms with Gasteiger partial charge >= 0.3 is 11.9 Å². The SMILES string of the molecule is C=CC(C=C)(NC(C(=O)O)c1ccccc1)C(=O)O. The van der Waals surface area contributed by atoms with Gasteiger partial charge < -0.3 is 10.2 Å². The van der Waals surface area contributed by atoms with E-state index in [1.54, 1.807) is 30.3 Å². The molecule has 0 aliphatic carbocycles. The summed E-state index contributed by atoms with van der Waals surface area (Å²) in [6.07, 6.45) is 2.22.